The largest absolute Gasteiger partial charge is 0.345 e. The van der Waals surface area contributed by atoms with E-state index >= 15 is 0 Å². The highest BCUT2D eigenvalue weighted by Gasteiger charge is 2.30. The van der Waals surface area contributed by atoms with Crippen molar-refractivity contribution in [3.63, 3.8) is 0 Å². The van der Waals surface area contributed by atoms with E-state index in [0.717, 1.165) is 12.8 Å². The maximum Gasteiger partial charge on any atom is 0.237 e. The van der Waals surface area contributed by atoms with E-state index in [-0.39, 0.29) is 35.1 Å². The molecule has 0 spiro atoms. The van der Waals surface area contributed by atoms with Crippen LogP contribution in [0.15, 0.2) is 0 Å². The van der Waals surface area contributed by atoms with Crippen molar-refractivity contribution in [2.24, 2.45) is 17.6 Å². The lowest BCUT2D eigenvalue weighted by Gasteiger charge is -2.31. The first kappa shape index (κ1) is 22.1. The number of hydrogen-bond donors (Lipinski definition) is 3. The van der Waals surface area contributed by atoms with E-state index in [1.54, 1.807) is 0 Å². The molecule has 0 radical (unpaired) electrons. The Labute approximate surface area is 142 Å². The molecular weight excluding hydrogens is 290 g/mol. The second-order valence-electron chi connectivity index (χ2n) is 8.02. The van der Waals surface area contributed by atoms with Gasteiger partial charge in [-0.15, -0.1) is 0 Å². The fourth-order valence-corrected chi connectivity index (χ4v) is 2.44. The van der Waals surface area contributed by atoms with Crippen LogP contribution in [0.5, 0.6) is 0 Å². The Kier molecular flexibility index (Phi) is 9.63. The second-order valence-corrected chi connectivity index (χ2v) is 8.02. The van der Waals surface area contributed by atoms with Crippen molar-refractivity contribution in [1.82, 2.24) is 10.6 Å². The first-order chi connectivity index (χ1) is 10.5. The molecule has 0 heterocycles. The Hall–Kier alpha value is -0.940. The number of carbonyl (C=O) groups excluding carboxylic acids is 2. The molecule has 0 aliphatic carbocycles. The van der Waals surface area contributed by atoms with Crippen molar-refractivity contribution in [1.29, 1.82) is 0 Å². The van der Waals surface area contributed by atoms with Crippen LogP contribution in [0.2, 0.25) is 0 Å². The van der Waals surface area contributed by atoms with Crippen LogP contribution in [0.3, 0.4) is 0 Å². The number of amides is 1. The van der Waals surface area contributed by atoms with E-state index in [9.17, 15) is 9.59 Å². The topological polar surface area (TPSA) is 84.2 Å². The normalized spacial score (nSPS) is 14.9. The molecule has 2 atom stereocenters. The highest BCUT2D eigenvalue weighted by molar-refractivity contribution is 5.91. The Morgan fingerprint density at radius 1 is 1.04 bits per heavy atom. The van der Waals surface area contributed by atoms with Gasteiger partial charge in [-0.25, -0.2) is 0 Å². The van der Waals surface area contributed by atoms with Gasteiger partial charge in [0.1, 0.15) is 0 Å². The van der Waals surface area contributed by atoms with Crippen LogP contribution in [0.4, 0.5) is 0 Å². The molecule has 0 fully saturated rings. The molecule has 0 aromatic heterocycles. The van der Waals surface area contributed by atoms with E-state index in [2.05, 4.69) is 10.6 Å². The highest BCUT2D eigenvalue weighted by atomic mass is 16.2. The van der Waals surface area contributed by atoms with Crippen LogP contribution in [-0.4, -0.2) is 35.9 Å². The van der Waals surface area contributed by atoms with Crippen LogP contribution in [0.1, 0.15) is 67.7 Å². The predicted octanol–water partition coefficient (Wildman–Crippen LogP) is 2.24. The molecule has 2 unspecified atom stereocenters. The smallest absolute Gasteiger partial charge is 0.237 e. The maximum atomic E-state index is 12.7. The molecule has 0 aromatic carbocycles. The third-order valence-corrected chi connectivity index (χ3v) is 3.71. The molecule has 5 nitrogen and oxygen atoms in total. The molecule has 4 N–H and O–H groups in total. The number of unbranched alkanes of at least 4 members (excludes halogenated alkanes) is 1. The van der Waals surface area contributed by atoms with Crippen molar-refractivity contribution in [3.05, 3.63) is 0 Å². The molecule has 0 saturated carbocycles. The molecular formula is C18H37N3O2. The molecule has 0 aromatic rings. The van der Waals surface area contributed by atoms with Gasteiger partial charge < -0.3 is 16.4 Å². The van der Waals surface area contributed by atoms with E-state index in [1.165, 1.54) is 0 Å². The first-order valence-corrected chi connectivity index (χ1v) is 8.81. The standard InChI is InChI=1S/C18H37N3O2/c1-12(2)15(21-18(5,6)7)17(23)20-14(10-8-9-11-19)16(22)13(3)4/h12-15,21H,8-11,19H2,1-7H3,(H,20,23). The van der Waals surface area contributed by atoms with Crippen molar-refractivity contribution < 1.29 is 9.59 Å². The zero-order chi connectivity index (χ0) is 18.2. The fourth-order valence-electron chi connectivity index (χ4n) is 2.44. The zero-order valence-electron chi connectivity index (χ0n) is 16.0. The second kappa shape index (κ2) is 10.0. The van der Waals surface area contributed by atoms with Gasteiger partial charge >= 0.3 is 0 Å². The lowest BCUT2D eigenvalue weighted by molar-refractivity contribution is -0.131. The monoisotopic (exact) mass is 327 g/mol. The molecule has 0 aliphatic rings. The van der Waals surface area contributed by atoms with Crippen molar-refractivity contribution in [2.75, 3.05) is 6.54 Å². The Morgan fingerprint density at radius 3 is 2.00 bits per heavy atom. The molecule has 0 aliphatic heterocycles. The summed E-state index contributed by atoms with van der Waals surface area (Å²) in [7, 11) is 0. The number of Topliss-reactive ketones (excluding diaryl/α,β-unsaturated/α-hetero) is 1. The maximum absolute atomic E-state index is 12.7. The quantitative estimate of drug-likeness (QED) is 0.537. The molecule has 0 bridgehead atoms. The summed E-state index contributed by atoms with van der Waals surface area (Å²) >= 11 is 0. The summed E-state index contributed by atoms with van der Waals surface area (Å²) in [6.07, 6.45) is 2.37. The van der Waals surface area contributed by atoms with Crippen molar-refractivity contribution in [3.8, 4) is 0 Å². The minimum absolute atomic E-state index is 0.0913. The average Bonchev–Trinajstić information content (AvgIpc) is 2.41. The molecule has 23 heavy (non-hydrogen) atoms. The van der Waals surface area contributed by atoms with Crippen LogP contribution >= 0.6 is 0 Å². The van der Waals surface area contributed by atoms with E-state index in [1.807, 2.05) is 48.5 Å². The fraction of sp³-hybridized carbons (Fsp3) is 0.889. The van der Waals surface area contributed by atoms with Gasteiger partial charge in [0, 0.05) is 11.5 Å². The Balaban J connectivity index is 4.98. The Morgan fingerprint density at radius 2 is 1.61 bits per heavy atom. The number of rotatable bonds is 10. The van der Waals surface area contributed by atoms with Gasteiger partial charge in [-0.05, 0) is 52.5 Å². The van der Waals surface area contributed by atoms with Gasteiger partial charge in [-0.3, -0.25) is 9.59 Å². The van der Waals surface area contributed by atoms with Crippen molar-refractivity contribution in [2.45, 2.75) is 85.4 Å². The van der Waals surface area contributed by atoms with E-state index in [4.69, 9.17) is 5.73 Å². The minimum Gasteiger partial charge on any atom is -0.345 e. The van der Waals surface area contributed by atoms with Gasteiger partial charge in [0.15, 0.2) is 5.78 Å². The molecule has 1 amide bonds. The van der Waals surface area contributed by atoms with Crippen LogP contribution in [0, 0.1) is 11.8 Å². The summed E-state index contributed by atoms with van der Waals surface area (Å²) in [5, 5.41) is 6.32. The van der Waals surface area contributed by atoms with Gasteiger partial charge in [0.2, 0.25) is 5.91 Å². The molecule has 0 saturated heterocycles. The lowest BCUT2D eigenvalue weighted by atomic mass is 9.95. The highest BCUT2D eigenvalue weighted by Crippen LogP contribution is 2.12. The number of carbonyl (C=O) groups is 2. The van der Waals surface area contributed by atoms with Gasteiger partial charge in [-0.2, -0.15) is 0 Å². The molecule has 5 heteroatoms. The number of ketones is 1. The summed E-state index contributed by atoms with van der Waals surface area (Å²) in [6, 6.07) is -0.732. The third-order valence-electron chi connectivity index (χ3n) is 3.71. The van der Waals surface area contributed by atoms with Gasteiger partial charge in [0.05, 0.1) is 12.1 Å². The van der Waals surface area contributed by atoms with Crippen LogP contribution in [-0.2, 0) is 9.59 Å². The Bertz CT molecular complexity index is 373. The van der Waals surface area contributed by atoms with Crippen LogP contribution < -0.4 is 16.4 Å². The average molecular weight is 328 g/mol. The lowest BCUT2D eigenvalue weighted by Crippen LogP contribution is -2.57. The zero-order valence-corrected chi connectivity index (χ0v) is 16.0. The summed E-state index contributed by atoms with van der Waals surface area (Å²) in [6.45, 7) is 14.5. The molecule has 136 valence electrons. The number of hydrogen-bond acceptors (Lipinski definition) is 4. The molecule has 0 rings (SSSR count). The van der Waals surface area contributed by atoms with Gasteiger partial charge in [0.25, 0.3) is 0 Å². The summed E-state index contributed by atoms with van der Waals surface area (Å²) in [4.78, 5) is 25.1. The SMILES string of the molecule is CC(C)C(=O)C(CCCCN)NC(=O)C(NC(C)(C)C)C(C)C. The third kappa shape index (κ3) is 9.06. The van der Waals surface area contributed by atoms with Gasteiger partial charge in [-0.1, -0.05) is 27.7 Å². The first-order valence-electron chi connectivity index (χ1n) is 8.81. The predicted molar refractivity (Wildman–Crippen MR) is 96.2 cm³/mol. The summed E-state index contributed by atoms with van der Waals surface area (Å²) < 4.78 is 0. The van der Waals surface area contributed by atoms with Crippen LogP contribution in [0.25, 0.3) is 0 Å². The van der Waals surface area contributed by atoms with Crippen molar-refractivity contribution >= 4 is 11.7 Å². The number of nitrogens with two attached hydrogens (primary N) is 1. The summed E-state index contributed by atoms with van der Waals surface area (Å²) in [5.74, 6) is 0.0506. The van der Waals surface area contributed by atoms with E-state index in [0.29, 0.717) is 13.0 Å². The summed E-state index contributed by atoms with van der Waals surface area (Å²) in [5.41, 5.74) is 5.36. The number of nitrogens with one attached hydrogen (secondary N) is 2. The minimum atomic E-state index is -0.419. The van der Waals surface area contributed by atoms with E-state index < -0.39 is 6.04 Å².